The minimum atomic E-state index is 0.179. The summed E-state index contributed by atoms with van der Waals surface area (Å²) in [4.78, 5) is 2.21. The molecule has 1 aromatic rings. The molecule has 1 N–H and O–H groups in total. The molecule has 0 aliphatic rings. The van der Waals surface area contributed by atoms with E-state index in [-0.39, 0.29) is 6.61 Å². The van der Waals surface area contributed by atoms with Gasteiger partial charge in [0.1, 0.15) is 0 Å². The van der Waals surface area contributed by atoms with Gasteiger partial charge >= 0.3 is 0 Å². The molecule has 1 rings (SSSR count). The van der Waals surface area contributed by atoms with Crippen molar-refractivity contribution < 1.29 is 5.11 Å². The maximum absolute atomic E-state index is 9.06. The number of unbranched alkanes of at least 4 members (excludes halogenated alkanes) is 1. The summed E-state index contributed by atoms with van der Waals surface area (Å²) in [7, 11) is 1.91. The molecule has 1 heterocycles. The number of hydrogen-bond donors (Lipinski definition) is 1. The number of aliphatic hydroxyl groups is 1. The first-order valence-corrected chi connectivity index (χ1v) is 6.49. The van der Waals surface area contributed by atoms with Crippen molar-refractivity contribution >= 4 is 11.6 Å². The molecule has 4 nitrogen and oxygen atoms in total. The van der Waals surface area contributed by atoms with E-state index in [1.165, 1.54) is 0 Å². The Hall–Kier alpha value is -0.580. The maximum atomic E-state index is 9.06. The lowest BCUT2D eigenvalue weighted by atomic mass is 10.3. The molecule has 0 spiro atoms. The molecule has 0 unspecified atom stereocenters. The normalized spacial score (nSPS) is 11.4. The highest BCUT2D eigenvalue weighted by Crippen LogP contribution is 2.20. The molecule has 0 radical (unpaired) electrons. The molecule has 5 heteroatoms. The zero-order chi connectivity index (χ0) is 12.8. The van der Waals surface area contributed by atoms with Gasteiger partial charge in [-0.15, -0.1) is 0 Å². The number of hydrogen-bond acceptors (Lipinski definition) is 3. The van der Waals surface area contributed by atoms with Crippen LogP contribution < -0.4 is 0 Å². The first-order chi connectivity index (χ1) is 8.10. The monoisotopic (exact) mass is 259 g/mol. The van der Waals surface area contributed by atoms with Crippen molar-refractivity contribution in [3.8, 4) is 0 Å². The van der Waals surface area contributed by atoms with E-state index in [1.54, 1.807) is 0 Å². The lowest BCUT2D eigenvalue weighted by molar-refractivity contribution is 0.185. The van der Waals surface area contributed by atoms with Crippen LogP contribution in [0.2, 0.25) is 5.02 Å². The summed E-state index contributed by atoms with van der Waals surface area (Å²) in [6.07, 6.45) is 2.29. The summed E-state index contributed by atoms with van der Waals surface area (Å²) in [6, 6.07) is 0. The molecular weight excluding hydrogens is 238 g/mol. The third kappa shape index (κ3) is 3.98. The molecule has 17 heavy (non-hydrogen) atoms. The summed E-state index contributed by atoms with van der Waals surface area (Å²) >= 11 is 6.22. The quantitative estimate of drug-likeness (QED) is 0.814. The van der Waals surface area contributed by atoms with E-state index in [0.29, 0.717) is 6.54 Å². The Balaban J connectivity index is 2.70. The molecule has 0 aromatic carbocycles. The van der Waals surface area contributed by atoms with E-state index in [0.717, 1.165) is 42.3 Å². The van der Waals surface area contributed by atoms with Gasteiger partial charge in [-0.2, -0.15) is 5.10 Å². The summed E-state index contributed by atoms with van der Waals surface area (Å²) < 4.78 is 1.83. The predicted molar refractivity (Wildman–Crippen MR) is 70.2 cm³/mol. The first-order valence-electron chi connectivity index (χ1n) is 6.11. The molecule has 0 bridgehead atoms. The summed E-state index contributed by atoms with van der Waals surface area (Å²) in [5.41, 5.74) is 1.89. The van der Waals surface area contributed by atoms with E-state index in [4.69, 9.17) is 16.7 Å². The summed E-state index contributed by atoms with van der Waals surface area (Å²) in [6.45, 7) is 6.67. The smallest absolute Gasteiger partial charge is 0.0860 e. The summed E-state index contributed by atoms with van der Waals surface area (Å²) in [5, 5.41) is 14.1. The molecule has 1 aromatic heterocycles. The highest BCUT2D eigenvalue weighted by atomic mass is 35.5. The SMILES string of the molecule is CCCCN(CCO)Cc1c(Cl)c(C)nn1C. The van der Waals surface area contributed by atoms with E-state index in [9.17, 15) is 0 Å². The maximum Gasteiger partial charge on any atom is 0.0860 e. The molecule has 0 aliphatic heterocycles. The molecule has 98 valence electrons. The molecule has 0 saturated heterocycles. The fourth-order valence-electron chi connectivity index (χ4n) is 1.86. The highest BCUT2D eigenvalue weighted by Gasteiger charge is 2.14. The fraction of sp³-hybridized carbons (Fsp3) is 0.750. The molecule has 0 fully saturated rings. The number of aromatic nitrogens is 2. The number of aryl methyl sites for hydroxylation is 2. The largest absolute Gasteiger partial charge is 0.395 e. The highest BCUT2D eigenvalue weighted by molar-refractivity contribution is 6.31. The van der Waals surface area contributed by atoms with Crippen LogP contribution in [0.3, 0.4) is 0 Å². The Kier molecular flexibility index (Phi) is 5.95. The molecule has 0 atom stereocenters. The van der Waals surface area contributed by atoms with Crippen LogP contribution in [0.4, 0.5) is 0 Å². The minimum absolute atomic E-state index is 0.179. The van der Waals surface area contributed by atoms with Gasteiger partial charge in [-0.3, -0.25) is 9.58 Å². The standard InChI is InChI=1S/C12H22ClN3O/c1-4-5-6-16(7-8-17)9-11-12(13)10(2)14-15(11)3/h17H,4-9H2,1-3H3. The van der Waals surface area contributed by atoms with E-state index in [2.05, 4.69) is 16.9 Å². The van der Waals surface area contributed by atoms with Crippen molar-refractivity contribution in [3.05, 3.63) is 16.4 Å². The van der Waals surface area contributed by atoms with Crippen molar-refractivity contribution in [1.29, 1.82) is 0 Å². The average molecular weight is 260 g/mol. The van der Waals surface area contributed by atoms with Crippen LogP contribution in [0.15, 0.2) is 0 Å². The van der Waals surface area contributed by atoms with Crippen LogP contribution >= 0.6 is 11.6 Å². The number of rotatable bonds is 7. The van der Waals surface area contributed by atoms with Gasteiger partial charge < -0.3 is 5.11 Å². The van der Waals surface area contributed by atoms with E-state index >= 15 is 0 Å². The lowest BCUT2D eigenvalue weighted by Crippen LogP contribution is -2.28. The summed E-state index contributed by atoms with van der Waals surface area (Å²) in [5.74, 6) is 0. The van der Waals surface area contributed by atoms with Gasteiger partial charge in [0.05, 0.1) is 23.0 Å². The van der Waals surface area contributed by atoms with Crippen LogP contribution in [-0.2, 0) is 13.6 Å². The Labute approximate surface area is 108 Å². The minimum Gasteiger partial charge on any atom is -0.395 e. The van der Waals surface area contributed by atoms with E-state index in [1.807, 2.05) is 18.7 Å². The Morgan fingerprint density at radius 1 is 1.41 bits per heavy atom. The lowest BCUT2D eigenvalue weighted by Gasteiger charge is -2.21. The van der Waals surface area contributed by atoms with Crippen LogP contribution in [0, 0.1) is 6.92 Å². The Bertz CT molecular complexity index is 352. The van der Waals surface area contributed by atoms with E-state index < -0.39 is 0 Å². The predicted octanol–water partition coefficient (Wildman–Crippen LogP) is 1.98. The van der Waals surface area contributed by atoms with Crippen molar-refractivity contribution in [1.82, 2.24) is 14.7 Å². The van der Waals surface area contributed by atoms with Crippen LogP contribution in [-0.4, -0.2) is 39.5 Å². The molecular formula is C12H22ClN3O. The Morgan fingerprint density at radius 2 is 2.12 bits per heavy atom. The number of halogens is 1. The molecule has 0 saturated carbocycles. The zero-order valence-corrected chi connectivity index (χ0v) is 11.7. The van der Waals surface area contributed by atoms with Crippen LogP contribution in [0.1, 0.15) is 31.2 Å². The molecule has 0 aliphatic carbocycles. The van der Waals surface area contributed by atoms with Gasteiger partial charge in [0.25, 0.3) is 0 Å². The van der Waals surface area contributed by atoms with Gasteiger partial charge in [0.2, 0.25) is 0 Å². The van der Waals surface area contributed by atoms with Gasteiger partial charge in [0, 0.05) is 20.1 Å². The van der Waals surface area contributed by atoms with Crippen molar-refractivity contribution in [2.75, 3.05) is 19.7 Å². The van der Waals surface area contributed by atoms with Crippen molar-refractivity contribution in [2.24, 2.45) is 7.05 Å². The third-order valence-corrected chi connectivity index (χ3v) is 3.37. The van der Waals surface area contributed by atoms with Crippen LogP contribution in [0.25, 0.3) is 0 Å². The third-order valence-electron chi connectivity index (χ3n) is 2.88. The zero-order valence-electron chi connectivity index (χ0n) is 10.9. The van der Waals surface area contributed by atoms with Crippen LogP contribution in [0.5, 0.6) is 0 Å². The first kappa shape index (κ1) is 14.5. The second-order valence-electron chi connectivity index (χ2n) is 4.32. The number of aliphatic hydroxyl groups excluding tert-OH is 1. The average Bonchev–Trinajstić information content (AvgIpc) is 2.53. The second kappa shape index (κ2) is 6.99. The topological polar surface area (TPSA) is 41.3 Å². The van der Waals surface area contributed by atoms with Gasteiger partial charge in [-0.1, -0.05) is 24.9 Å². The van der Waals surface area contributed by atoms with Gasteiger partial charge in [-0.25, -0.2) is 0 Å². The van der Waals surface area contributed by atoms with Gasteiger partial charge in [-0.05, 0) is 19.9 Å². The number of nitrogens with zero attached hydrogens (tertiary/aromatic N) is 3. The van der Waals surface area contributed by atoms with Gasteiger partial charge in [0.15, 0.2) is 0 Å². The molecule has 0 amide bonds. The Morgan fingerprint density at radius 3 is 2.59 bits per heavy atom. The van der Waals surface area contributed by atoms with Crippen molar-refractivity contribution in [3.63, 3.8) is 0 Å². The fourth-order valence-corrected chi connectivity index (χ4v) is 2.08. The van der Waals surface area contributed by atoms with Crippen molar-refractivity contribution in [2.45, 2.75) is 33.2 Å². The second-order valence-corrected chi connectivity index (χ2v) is 4.70.